The van der Waals surface area contributed by atoms with Crippen molar-refractivity contribution in [3.63, 3.8) is 0 Å². The Balaban J connectivity index is 1.71. The van der Waals surface area contributed by atoms with Crippen LogP contribution in [0.25, 0.3) is 11.0 Å². The molecule has 0 aliphatic heterocycles. The molecule has 1 fully saturated rings. The Morgan fingerprint density at radius 1 is 1.45 bits per heavy atom. The van der Waals surface area contributed by atoms with Gasteiger partial charge >= 0.3 is 0 Å². The lowest BCUT2D eigenvalue weighted by atomic mass is 10.1. The van der Waals surface area contributed by atoms with Crippen LogP contribution in [-0.4, -0.2) is 23.7 Å². The molecular formula is C15H16BrNO3. The topological polar surface area (TPSA) is 62.5 Å². The van der Waals surface area contributed by atoms with Crippen LogP contribution in [0.3, 0.4) is 0 Å². The first-order valence-electron chi connectivity index (χ1n) is 6.79. The van der Waals surface area contributed by atoms with E-state index in [0.717, 1.165) is 29.1 Å². The highest BCUT2D eigenvalue weighted by molar-refractivity contribution is 9.10. The van der Waals surface area contributed by atoms with Gasteiger partial charge in [0.05, 0.1) is 10.6 Å². The van der Waals surface area contributed by atoms with Gasteiger partial charge in [-0.05, 0) is 40.9 Å². The summed E-state index contributed by atoms with van der Waals surface area (Å²) >= 11 is 3.40. The molecule has 2 unspecified atom stereocenters. The second-order valence-electron chi connectivity index (χ2n) is 5.24. The number of nitrogens with one attached hydrogen (secondary N) is 1. The van der Waals surface area contributed by atoms with Crippen molar-refractivity contribution in [1.82, 2.24) is 5.32 Å². The number of carbonyl (C=O) groups is 1. The van der Waals surface area contributed by atoms with E-state index in [2.05, 4.69) is 21.2 Å². The number of rotatable bonds is 3. The van der Waals surface area contributed by atoms with Crippen LogP contribution in [-0.2, 0) is 0 Å². The minimum absolute atomic E-state index is 0.162. The Labute approximate surface area is 125 Å². The molecule has 0 radical (unpaired) electrons. The molecule has 2 N–H and O–H groups in total. The monoisotopic (exact) mass is 337 g/mol. The van der Waals surface area contributed by atoms with E-state index in [0.29, 0.717) is 17.9 Å². The molecule has 20 heavy (non-hydrogen) atoms. The highest BCUT2D eigenvalue weighted by atomic mass is 79.9. The summed E-state index contributed by atoms with van der Waals surface area (Å²) in [6, 6.07) is 7.42. The lowest BCUT2D eigenvalue weighted by molar-refractivity contribution is 0.0892. The predicted molar refractivity (Wildman–Crippen MR) is 79.6 cm³/mol. The minimum atomic E-state index is -0.292. The first-order chi connectivity index (χ1) is 9.65. The molecule has 1 amide bonds. The third kappa shape index (κ3) is 2.60. The molecule has 2 aromatic rings. The number of halogens is 1. The highest BCUT2D eigenvalue weighted by Gasteiger charge is 2.26. The maximum atomic E-state index is 12.1. The number of furan rings is 1. The SMILES string of the molecule is O=C(NCC1CCCC1O)c1cc2cccc(Br)c2o1. The fraction of sp³-hybridized carbons (Fsp3) is 0.400. The second-order valence-corrected chi connectivity index (χ2v) is 6.09. The molecule has 1 heterocycles. The fourth-order valence-electron chi connectivity index (χ4n) is 2.71. The van der Waals surface area contributed by atoms with Crippen molar-refractivity contribution in [3.05, 3.63) is 34.5 Å². The molecule has 1 aromatic heterocycles. The van der Waals surface area contributed by atoms with E-state index in [1.165, 1.54) is 0 Å². The summed E-state index contributed by atoms with van der Waals surface area (Å²) in [4.78, 5) is 12.1. The summed E-state index contributed by atoms with van der Waals surface area (Å²) in [6.07, 6.45) is 2.53. The number of aliphatic hydroxyl groups is 1. The summed E-state index contributed by atoms with van der Waals surface area (Å²) < 4.78 is 6.41. The number of amides is 1. The Morgan fingerprint density at radius 2 is 2.30 bits per heavy atom. The lowest BCUT2D eigenvalue weighted by Crippen LogP contribution is -2.32. The van der Waals surface area contributed by atoms with Crippen LogP contribution in [0, 0.1) is 5.92 Å². The maximum Gasteiger partial charge on any atom is 0.287 e. The minimum Gasteiger partial charge on any atom is -0.450 e. The number of hydrogen-bond acceptors (Lipinski definition) is 3. The van der Waals surface area contributed by atoms with Crippen LogP contribution >= 0.6 is 15.9 Å². The van der Waals surface area contributed by atoms with Gasteiger partial charge in [-0.25, -0.2) is 0 Å². The lowest BCUT2D eigenvalue weighted by Gasteiger charge is -2.14. The zero-order valence-electron chi connectivity index (χ0n) is 10.9. The van der Waals surface area contributed by atoms with E-state index in [-0.39, 0.29) is 17.9 Å². The average molecular weight is 338 g/mol. The highest BCUT2D eigenvalue weighted by Crippen LogP contribution is 2.27. The first kappa shape index (κ1) is 13.6. The number of aliphatic hydroxyl groups excluding tert-OH is 1. The first-order valence-corrected chi connectivity index (χ1v) is 7.59. The molecule has 0 spiro atoms. The van der Waals surface area contributed by atoms with E-state index in [1.54, 1.807) is 6.07 Å². The maximum absolute atomic E-state index is 12.1. The number of fused-ring (bicyclic) bond motifs is 1. The van der Waals surface area contributed by atoms with Gasteiger partial charge in [-0.3, -0.25) is 4.79 Å². The van der Waals surface area contributed by atoms with Crippen LogP contribution < -0.4 is 5.32 Å². The van der Waals surface area contributed by atoms with Gasteiger partial charge < -0.3 is 14.8 Å². The molecule has 3 rings (SSSR count). The van der Waals surface area contributed by atoms with Crippen molar-refractivity contribution >= 4 is 32.8 Å². The summed E-state index contributed by atoms with van der Waals surface area (Å²) in [5.74, 6) is 0.238. The van der Waals surface area contributed by atoms with Gasteiger partial charge in [0.15, 0.2) is 5.76 Å². The molecule has 2 atom stereocenters. The smallest absolute Gasteiger partial charge is 0.287 e. The molecule has 106 valence electrons. The average Bonchev–Trinajstić information content (AvgIpc) is 3.03. The molecule has 1 aliphatic rings. The molecule has 1 aliphatic carbocycles. The third-order valence-corrected chi connectivity index (χ3v) is 4.49. The van der Waals surface area contributed by atoms with E-state index < -0.39 is 0 Å². The van der Waals surface area contributed by atoms with E-state index >= 15 is 0 Å². The summed E-state index contributed by atoms with van der Waals surface area (Å²) in [5.41, 5.74) is 0.679. The van der Waals surface area contributed by atoms with E-state index in [9.17, 15) is 9.90 Å². The predicted octanol–water partition coefficient (Wildman–Crippen LogP) is 3.09. The fourth-order valence-corrected chi connectivity index (χ4v) is 3.17. The molecule has 0 saturated heterocycles. The zero-order chi connectivity index (χ0) is 14.1. The standard InChI is InChI=1S/C15H16BrNO3/c16-11-5-1-3-9-7-13(20-14(9)11)15(19)17-8-10-4-2-6-12(10)18/h1,3,5,7,10,12,18H,2,4,6,8H2,(H,17,19). The van der Waals surface area contributed by atoms with Crippen molar-refractivity contribution in [2.45, 2.75) is 25.4 Å². The molecule has 4 nitrogen and oxygen atoms in total. The Bertz CT molecular complexity index is 637. The molecule has 5 heteroatoms. The molecule has 0 bridgehead atoms. The van der Waals surface area contributed by atoms with E-state index in [1.807, 2.05) is 18.2 Å². The van der Waals surface area contributed by atoms with Crippen LogP contribution in [0.1, 0.15) is 29.8 Å². The van der Waals surface area contributed by atoms with Crippen LogP contribution in [0.2, 0.25) is 0 Å². The van der Waals surface area contributed by atoms with Crippen molar-refractivity contribution < 1.29 is 14.3 Å². The largest absolute Gasteiger partial charge is 0.450 e. The van der Waals surface area contributed by atoms with Crippen molar-refractivity contribution in [2.24, 2.45) is 5.92 Å². The molecule has 1 aromatic carbocycles. The van der Waals surface area contributed by atoms with Gasteiger partial charge in [-0.2, -0.15) is 0 Å². The Hall–Kier alpha value is -1.33. The number of hydrogen-bond donors (Lipinski definition) is 2. The van der Waals surface area contributed by atoms with Crippen LogP contribution in [0.15, 0.2) is 33.2 Å². The molecular weight excluding hydrogens is 322 g/mol. The van der Waals surface area contributed by atoms with Crippen molar-refractivity contribution in [3.8, 4) is 0 Å². The summed E-state index contributed by atoms with van der Waals surface area (Å²) in [6.45, 7) is 0.498. The van der Waals surface area contributed by atoms with Crippen molar-refractivity contribution in [2.75, 3.05) is 6.54 Å². The van der Waals surface area contributed by atoms with Gasteiger partial charge in [0.2, 0.25) is 0 Å². The number of para-hydroxylation sites is 1. The quantitative estimate of drug-likeness (QED) is 0.904. The Kier molecular flexibility index (Phi) is 3.81. The van der Waals surface area contributed by atoms with Gasteiger partial charge in [0.1, 0.15) is 5.58 Å². The van der Waals surface area contributed by atoms with Crippen LogP contribution in [0.4, 0.5) is 0 Å². The van der Waals surface area contributed by atoms with Gasteiger partial charge in [0.25, 0.3) is 5.91 Å². The summed E-state index contributed by atoms with van der Waals surface area (Å²) in [5, 5.41) is 13.5. The van der Waals surface area contributed by atoms with Crippen molar-refractivity contribution in [1.29, 1.82) is 0 Å². The van der Waals surface area contributed by atoms with Gasteiger partial charge in [-0.15, -0.1) is 0 Å². The normalized spacial score (nSPS) is 22.3. The van der Waals surface area contributed by atoms with E-state index in [4.69, 9.17) is 4.42 Å². The second kappa shape index (κ2) is 5.58. The van der Waals surface area contributed by atoms with Crippen LogP contribution in [0.5, 0.6) is 0 Å². The summed E-state index contributed by atoms with van der Waals surface area (Å²) in [7, 11) is 0. The van der Waals surface area contributed by atoms with Gasteiger partial charge in [0, 0.05) is 17.8 Å². The number of carbonyl (C=O) groups excluding carboxylic acids is 1. The Morgan fingerprint density at radius 3 is 3.00 bits per heavy atom. The zero-order valence-corrected chi connectivity index (χ0v) is 12.5. The third-order valence-electron chi connectivity index (χ3n) is 3.86. The molecule has 1 saturated carbocycles. The number of benzene rings is 1. The van der Waals surface area contributed by atoms with Gasteiger partial charge in [-0.1, -0.05) is 18.6 Å².